The third-order valence-electron chi connectivity index (χ3n) is 6.87. The van der Waals surface area contributed by atoms with Crippen LogP contribution in [0.25, 0.3) is 16.7 Å². The summed E-state index contributed by atoms with van der Waals surface area (Å²) in [6, 6.07) is 6.12. The summed E-state index contributed by atoms with van der Waals surface area (Å²) in [6.45, 7) is 6.09. The zero-order valence-electron chi connectivity index (χ0n) is 19.5. The first-order chi connectivity index (χ1) is 16.5. The number of likely N-dealkylation sites (N-methyl/N-ethyl adjacent to an activating group) is 1. The van der Waals surface area contributed by atoms with Crippen LogP contribution in [-0.4, -0.2) is 81.7 Å². The smallest absolute Gasteiger partial charge is 0.341 e. The van der Waals surface area contributed by atoms with Gasteiger partial charge in [-0.05, 0) is 62.5 Å². The van der Waals surface area contributed by atoms with Crippen molar-refractivity contribution >= 4 is 23.0 Å². The molecule has 9 heteroatoms. The largest absolute Gasteiger partial charge is 0.477 e. The maximum Gasteiger partial charge on any atom is 0.341 e. The maximum atomic E-state index is 12.8. The molecule has 178 valence electrons. The molecule has 3 heterocycles. The highest BCUT2D eigenvalue weighted by atomic mass is 16.4. The van der Waals surface area contributed by atoms with Crippen LogP contribution in [0.1, 0.15) is 34.3 Å². The molecular formula is C25H30N6O3. The van der Waals surface area contributed by atoms with Gasteiger partial charge in [-0.25, -0.2) is 9.78 Å². The second-order valence-electron chi connectivity index (χ2n) is 9.21. The molecule has 0 radical (unpaired) electrons. The number of hydrogen-bond donors (Lipinski definition) is 2. The Bertz CT molecular complexity index is 1280. The molecule has 9 nitrogen and oxygen atoms in total. The van der Waals surface area contributed by atoms with Crippen LogP contribution in [0.15, 0.2) is 35.4 Å². The lowest BCUT2D eigenvalue weighted by Gasteiger charge is -2.32. The molecule has 34 heavy (non-hydrogen) atoms. The minimum absolute atomic E-state index is 0.198. The first-order valence-electron chi connectivity index (χ1n) is 11.9. The van der Waals surface area contributed by atoms with Gasteiger partial charge in [0.2, 0.25) is 11.4 Å². The number of rotatable bonds is 7. The summed E-state index contributed by atoms with van der Waals surface area (Å²) in [6.07, 6.45) is 6.96. The Hall–Kier alpha value is -3.30. The molecule has 0 bridgehead atoms. The molecular weight excluding hydrogens is 432 g/mol. The maximum absolute atomic E-state index is 12.8. The molecule has 1 saturated heterocycles. The number of carbonyl (C=O) groups is 1. The number of hydrogen-bond acceptors (Lipinski definition) is 7. The summed E-state index contributed by atoms with van der Waals surface area (Å²) in [5, 5.41) is 13.1. The number of anilines is 1. The van der Waals surface area contributed by atoms with Crippen molar-refractivity contribution in [3.8, 4) is 5.69 Å². The number of aromatic nitrogens is 3. The van der Waals surface area contributed by atoms with E-state index < -0.39 is 11.4 Å². The molecule has 0 unspecified atom stereocenters. The number of fused-ring (bicyclic) bond motifs is 2. The molecule has 2 aliphatic rings. The van der Waals surface area contributed by atoms with Crippen LogP contribution in [0.5, 0.6) is 0 Å². The van der Waals surface area contributed by atoms with Gasteiger partial charge in [-0.15, -0.1) is 0 Å². The molecule has 1 aromatic carbocycles. The van der Waals surface area contributed by atoms with Crippen LogP contribution < -0.4 is 10.7 Å². The highest BCUT2D eigenvalue weighted by molar-refractivity contribution is 5.92. The lowest BCUT2D eigenvalue weighted by atomic mass is 10.1. The lowest BCUT2D eigenvalue weighted by molar-refractivity contribution is 0.0695. The van der Waals surface area contributed by atoms with Crippen LogP contribution in [0.3, 0.4) is 0 Å². The normalized spacial score (nSPS) is 16.6. The van der Waals surface area contributed by atoms with Crippen molar-refractivity contribution in [3.63, 3.8) is 0 Å². The average molecular weight is 463 g/mol. The molecule has 0 spiro atoms. The van der Waals surface area contributed by atoms with Crippen molar-refractivity contribution < 1.29 is 9.90 Å². The van der Waals surface area contributed by atoms with Crippen molar-refractivity contribution in [3.05, 3.63) is 57.5 Å². The molecule has 3 aromatic rings. The fourth-order valence-corrected chi connectivity index (χ4v) is 4.83. The lowest BCUT2D eigenvalue weighted by Crippen LogP contribution is -2.44. The van der Waals surface area contributed by atoms with Gasteiger partial charge in [0.05, 0.1) is 5.39 Å². The number of nitrogens with one attached hydrogen (secondary N) is 1. The Morgan fingerprint density at radius 1 is 1.15 bits per heavy atom. The van der Waals surface area contributed by atoms with Gasteiger partial charge in [-0.2, -0.15) is 4.98 Å². The van der Waals surface area contributed by atoms with Crippen molar-refractivity contribution in [1.82, 2.24) is 24.3 Å². The summed E-state index contributed by atoms with van der Waals surface area (Å²) >= 11 is 0. The first-order valence-corrected chi connectivity index (χ1v) is 11.9. The zero-order chi connectivity index (χ0) is 23.7. The Kier molecular flexibility index (Phi) is 6.30. The quantitative estimate of drug-likeness (QED) is 0.514. The number of aryl methyl sites for hydroxylation is 2. The Labute approximate surface area is 198 Å². The van der Waals surface area contributed by atoms with E-state index in [0.717, 1.165) is 64.1 Å². The summed E-state index contributed by atoms with van der Waals surface area (Å²) in [4.78, 5) is 38.3. The zero-order valence-corrected chi connectivity index (χ0v) is 19.5. The van der Waals surface area contributed by atoms with Gasteiger partial charge in [0.15, 0.2) is 5.65 Å². The number of aromatic carboxylic acids is 1. The Morgan fingerprint density at radius 3 is 2.74 bits per heavy atom. The number of pyridine rings is 1. The van der Waals surface area contributed by atoms with E-state index in [4.69, 9.17) is 0 Å². The minimum Gasteiger partial charge on any atom is -0.477 e. The molecule has 2 aromatic heterocycles. The van der Waals surface area contributed by atoms with E-state index in [-0.39, 0.29) is 10.9 Å². The van der Waals surface area contributed by atoms with Gasteiger partial charge in [0.25, 0.3) is 0 Å². The van der Waals surface area contributed by atoms with E-state index in [1.54, 1.807) is 4.57 Å². The van der Waals surface area contributed by atoms with Gasteiger partial charge >= 0.3 is 5.97 Å². The number of piperazine rings is 1. The van der Waals surface area contributed by atoms with Gasteiger partial charge < -0.3 is 24.8 Å². The highest BCUT2D eigenvalue weighted by Gasteiger charge is 2.19. The van der Waals surface area contributed by atoms with E-state index in [2.05, 4.69) is 44.3 Å². The van der Waals surface area contributed by atoms with Crippen molar-refractivity contribution in [1.29, 1.82) is 0 Å². The van der Waals surface area contributed by atoms with Crippen LogP contribution >= 0.6 is 0 Å². The van der Waals surface area contributed by atoms with E-state index in [9.17, 15) is 14.7 Å². The van der Waals surface area contributed by atoms with Gasteiger partial charge in [0, 0.05) is 50.8 Å². The molecule has 1 aliphatic carbocycles. The number of carboxylic acids is 1. The van der Waals surface area contributed by atoms with Crippen LogP contribution in [0.4, 0.5) is 5.95 Å². The average Bonchev–Trinajstić information content (AvgIpc) is 3.31. The molecule has 1 aliphatic heterocycles. The standard InChI is InChI=1S/C25H30N6O3/c1-29-10-12-30(13-11-29)9-3-8-26-25-27-15-20-22(32)21(24(33)34)16-31(23(20)28-25)19-7-6-17-4-2-5-18(17)14-19/h6-7,14-16H,2-5,8-13H2,1H3,(H,33,34)(H,26,27,28). The number of nitrogens with zero attached hydrogens (tertiary/aromatic N) is 5. The van der Waals surface area contributed by atoms with Gasteiger partial charge in [0.1, 0.15) is 5.56 Å². The fourth-order valence-electron chi connectivity index (χ4n) is 4.83. The third kappa shape index (κ3) is 4.53. The first kappa shape index (κ1) is 22.5. The second-order valence-corrected chi connectivity index (χ2v) is 9.21. The van der Waals surface area contributed by atoms with E-state index in [0.29, 0.717) is 18.1 Å². The second kappa shape index (κ2) is 9.52. The Morgan fingerprint density at radius 2 is 1.94 bits per heavy atom. The van der Waals surface area contributed by atoms with Crippen LogP contribution in [-0.2, 0) is 12.8 Å². The summed E-state index contributed by atoms with van der Waals surface area (Å²) in [7, 11) is 2.15. The molecule has 5 rings (SSSR count). The third-order valence-corrected chi connectivity index (χ3v) is 6.87. The summed E-state index contributed by atoms with van der Waals surface area (Å²) < 4.78 is 1.70. The van der Waals surface area contributed by atoms with E-state index >= 15 is 0 Å². The number of benzene rings is 1. The van der Waals surface area contributed by atoms with Crippen molar-refractivity contribution in [2.75, 3.05) is 51.6 Å². The van der Waals surface area contributed by atoms with Crippen LogP contribution in [0, 0.1) is 0 Å². The fraction of sp³-hybridized carbons (Fsp3) is 0.440. The molecule has 0 amide bonds. The molecule has 1 fully saturated rings. The predicted molar refractivity (Wildman–Crippen MR) is 131 cm³/mol. The summed E-state index contributed by atoms with van der Waals surface area (Å²) in [5.41, 5.74) is 2.94. The topological polar surface area (TPSA) is 104 Å². The predicted octanol–water partition coefficient (Wildman–Crippen LogP) is 2.02. The highest BCUT2D eigenvalue weighted by Crippen LogP contribution is 2.26. The van der Waals surface area contributed by atoms with Gasteiger partial charge in [-0.3, -0.25) is 4.79 Å². The minimum atomic E-state index is -1.26. The summed E-state index contributed by atoms with van der Waals surface area (Å²) in [5.74, 6) is -0.823. The van der Waals surface area contributed by atoms with Crippen molar-refractivity contribution in [2.24, 2.45) is 0 Å². The Balaban J connectivity index is 1.41. The molecule has 0 atom stereocenters. The molecule has 0 saturated carbocycles. The molecule has 2 N–H and O–H groups in total. The SMILES string of the molecule is CN1CCN(CCCNc2ncc3c(=O)c(C(=O)O)cn(-c4ccc5c(c4)CCC5)c3n2)CC1. The van der Waals surface area contributed by atoms with Gasteiger partial charge in [-0.1, -0.05) is 6.07 Å². The monoisotopic (exact) mass is 462 g/mol. The van der Waals surface area contributed by atoms with Crippen LogP contribution in [0.2, 0.25) is 0 Å². The van der Waals surface area contributed by atoms with Crippen molar-refractivity contribution in [2.45, 2.75) is 25.7 Å². The van der Waals surface area contributed by atoms with E-state index in [1.165, 1.54) is 23.5 Å². The number of carboxylic acid groups (broad SMARTS) is 1. The van der Waals surface area contributed by atoms with E-state index in [1.807, 2.05) is 6.07 Å².